The van der Waals surface area contributed by atoms with Gasteiger partial charge in [0.25, 0.3) is 5.91 Å². The number of imidazole rings is 1. The minimum atomic E-state index is -0.966. The number of rotatable bonds is 7. The van der Waals surface area contributed by atoms with Gasteiger partial charge in [-0.3, -0.25) is 4.79 Å². The van der Waals surface area contributed by atoms with Crippen LogP contribution in [-0.4, -0.2) is 27.1 Å². The first-order chi connectivity index (χ1) is 9.75. The van der Waals surface area contributed by atoms with E-state index in [0.717, 1.165) is 25.1 Å². The molecule has 0 saturated heterocycles. The maximum absolute atomic E-state index is 11.8. The average Bonchev–Trinajstić information content (AvgIpc) is 2.97. The molecule has 5 nitrogen and oxygen atoms in total. The van der Waals surface area contributed by atoms with Gasteiger partial charge in [0.2, 0.25) is 0 Å². The van der Waals surface area contributed by atoms with Crippen LogP contribution in [0.15, 0.2) is 42.7 Å². The van der Waals surface area contributed by atoms with Crippen LogP contribution in [0.3, 0.4) is 0 Å². The summed E-state index contributed by atoms with van der Waals surface area (Å²) in [5.41, 5.74) is 0.701. The highest BCUT2D eigenvalue weighted by Crippen LogP contribution is 2.09. The molecular weight excluding hydrogens is 254 g/mol. The van der Waals surface area contributed by atoms with E-state index in [0.29, 0.717) is 12.1 Å². The highest BCUT2D eigenvalue weighted by molar-refractivity contribution is 5.93. The van der Waals surface area contributed by atoms with Crippen molar-refractivity contribution in [1.29, 1.82) is 0 Å². The van der Waals surface area contributed by atoms with Crippen LogP contribution in [0.2, 0.25) is 0 Å². The molecule has 1 amide bonds. The number of hydrogen-bond donors (Lipinski definition) is 3. The third kappa shape index (κ3) is 4.51. The first-order valence-electron chi connectivity index (χ1n) is 6.78. The minimum absolute atomic E-state index is 0.353. The Morgan fingerprint density at radius 1 is 1.30 bits per heavy atom. The molecule has 0 bridgehead atoms. The third-order valence-corrected chi connectivity index (χ3v) is 3.04. The van der Waals surface area contributed by atoms with Crippen LogP contribution in [0.1, 0.15) is 25.1 Å². The lowest BCUT2D eigenvalue weighted by atomic mass is 10.1. The molecule has 1 aromatic carbocycles. The van der Waals surface area contributed by atoms with E-state index in [9.17, 15) is 9.90 Å². The number of aliphatic hydroxyl groups is 1. The van der Waals surface area contributed by atoms with Gasteiger partial charge in [-0.2, -0.15) is 0 Å². The first-order valence-corrected chi connectivity index (χ1v) is 6.78. The summed E-state index contributed by atoms with van der Waals surface area (Å²) in [5.74, 6) is 0.586. The Bertz CT molecular complexity index is 511. The molecule has 20 heavy (non-hydrogen) atoms. The van der Waals surface area contributed by atoms with Crippen LogP contribution in [-0.2, 0) is 11.2 Å². The lowest BCUT2D eigenvalue weighted by molar-refractivity contribution is -0.124. The molecule has 1 aromatic heterocycles. The number of anilines is 1. The van der Waals surface area contributed by atoms with Gasteiger partial charge in [-0.1, -0.05) is 18.2 Å². The van der Waals surface area contributed by atoms with Crippen molar-refractivity contribution >= 4 is 11.6 Å². The standard InChI is InChI=1S/C15H19N3O2/c19-13(8-4-5-9-14-16-10-11-17-14)15(20)18-12-6-2-1-3-7-12/h1-3,6-7,10-11,13,19H,4-5,8-9H2,(H,16,17)(H,18,20). The SMILES string of the molecule is O=C(Nc1ccccc1)C(O)CCCCc1ncc[nH]1. The molecule has 0 radical (unpaired) electrons. The number of benzene rings is 1. The maximum Gasteiger partial charge on any atom is 0.253 e. The molecular formula is C15H19N3O2. The number of unbranched alkanes of at least 4 members (excludes halogenated alkanes) is 1. The number of carbonyl (C=O) groups is 1. The quantitative estimate of drug-likeness (QED) is 0.676. The van der Waals surface area contributed by atoms with E-state index in [1.807, 2.05) is 18.2 Å². The molecule has 0 aliphatic heterocycles. The number of hydrogen-bond acceptors (Lipinski definition) is 3. The molecule has 1 unspecified atom stereocenters. The van der Waals surface area contributed by atoms with Crippen LogP contribution < -0.4 is 5.32 Å². The first kappa shape index (κ1) is 14.3. The van der Waals surface area contributed by atoms with E-state index in [1.54, 1.807) is 24.5 Å². The predicted molar refractivity (Wildman–Crippen MR) is 77.2 cm³/mol. The number of para-hydroxylation sites is 1. The van der Waals surface area contributed by atoms with Crippen molar-refractivity contribution in [3.63, 3.8) is 0 Å². The molecule has 1 atom stereocenters. The van der Waals surface area contributed by atoms with Gasteiger partial charge < -0.3 is 15.4 Å². The molecule has 0 saturated carbocycles. The fourth-order valence-electron chi connectivity index (χ4n) is 1.94. The number of aromatic amines is 1. The Morgan fingerprint density at radius 3 is 2.80 bits per heavy atom. The van der Waals surface area contributed by atoms with Crippen LogP contribution in [0.5, 0.6) is 0 Å². The minimum Gasteiger partial charge on any atom is -0.383 e. The van der Waals surface area contributed by atoms with Gasteiger partial charge >= 0.3 is 0 Å². The molecule has 2 rings (SSSR count). The lowest BCUT2D eigenvalue weighted by Crippen LogP contribution is -2.27. The second-order valence-electron chi connectivity index (χ2n) is 4.65. The molecule has 3 N–H and O–H groups in total. The number of aryl methyl sites for hydroxylation is 1. The summed E-state index contributed by atoms with van der Waals surface area (Å²) in [6.45, 7) is 0. The summed E-state index contributed by atoms with van der Waals surface area (Å²) < 4.78 is 0. The monoisotopic (exact) mass is 273 g/mol. The van der Waals surface area contributed by atoms with Crippen LogP contribution in [0, 0.1) is 0 Å². The zero-order chi connectivity index (χ0) is 14.2. The molecule has 0 fully saturated rings. The molecule has 1 heterocycles. The van der Waals surface area contributed by atoms with Crippen LogP contribution in [0.4, 0.5) is 5.69 Å². The van der Waals surface area contributed by atoms with Crippen molar-refractivity contribution in [2.24, 2.45) is 0 Å². The van der Waals surface area contributed by atoms with Crippen molar-refractivity contribution in [2.75, 3.05) is 5.32 Å². The van der Waals surface area contributed by atoms with E-state index in [4.69, 9.17) is 0 Å². The molecule has 0 spiro atoms. The van der Waals surface area contributed by atoms with Crippen LogP contribution in [0.25, 0.3) is 0 Å². The van der Waals surface area contributed by atoms with Gasteiger partial charge in [-0.05, 0) is 31.4 Å². The van der Waals surface area contributed by atoms with Gasteiger partial charge in [0.15, 0.2) is 0 Å². The van der Waals surface area contributed by atoms with Gasteiger partial charge in [0.05, 0.1) is 0 Å². The number of nitrogens with one attached hydrogen (secondary N) is 2. The summed E-state index contributed by atoms with van der Waals surface area (Å²) in [6.07, 6.45) is 5.51. The Balaban J connectivity index is 1.66. The Hall–Kier alpha value is -2.14. The zero-order valence-electron chi connectivity index (χ0n) is 11.2. The van der Waals surface area contributed by atoms with E-state index < -0.39 is 6.10 Å². The summed E-state index contributed by atoms with van der Waals surface area (Å²) >= 11 is 0. The highest BCUT2D eigenvalue weighted by atomic mass is 16.3. The summed E-state index contributed by atoms with van der Waals surface area (Å²) in [4.78, 5) is 18.9. The number of aliphatic hydroxyl groups excluding tert-OH is 1. The summed E-state index contributed by atoms with van der Waals surface area (Å²) in [6, 6.07) is 9.14. The average molecular weight is 273 g/mol. The topological polar surface area (TPSA) is 78.0 Å². The molecule has 106 valence electrons. The smallest absolute Gasteiger partial charge is 0.253 e. The van der Waals surface area contributed by atoms with Crippen molar-refractivity contribution in [1.82, 2.24) is 9.97 Å². The summed E-state index contributed by atoms with van der Waals surface area (Å²) in [5, 5.41) is 12.5. The van der Waals surface area contributed by atoms with E-state index in [-0.39, 0.29) is 5.91 Å². The van der Waals surface area contributed by atoms with Crippen molar-refractivity contribution < 1.29 is 9.90 Å². The number of H-pyrrole nitrogens is 1. The highest BCUT2D eigenvalue weighted by Gasteiger charge is 2.14. The second-order valence-corrected chi connectivity index (χ2v) is 4.65. The zero-order valence-corrected chi connectivity index (χ0v) is 11.2. The fourth-order valence-corrected chi connectivity index (χ4v) is 1.94. The van der Waals surface area contributed by atoms with E-state index >= 15 is 0 Å². The Labute approximate surface area is 118 Å². The fraction of sp³-hybridized carbons (Fsp3) is 0.333. The normalized spacial score (nSPS) is 12.1. The van der Waals surface area contributed by atoms with Crippen molar-refractivity contribution in [3.8, 4) is 0 Å². The lowest BCUT2D eigenvalue weighted by Gasteiger charge is -2.11. The molecule has 0 aliphatic rings. The molecule has 0 aliphatic carbocycles. The Kier molecular flexibility index (Phi) is 5.32. The maximum atomic E-state index is 11.8. The summed E-state index contributed by atoms with van der Waals surface area (Å²) in [7, 11) is 0. The van der Waals surface area contributed by atoms with E-state index in [1.165, 1.54) is 0 Å². The second kappa shape index (κ2) is 7.45. The Morgan fingerprint density at radius 2 is 2.10 bits per heavy atom. The third-order valence-electron chi connectivity index (χ3n) is 3.04. The van der Waals surface area contributed by atoms with E-state index in [2.05, 4.69) is 15.3 Å². The molecule has 2 aromatic rings. The number of aromatic nitrogens is 2. The van der Waals surface area contributed by atoms with Crippen LogP contribution >= 0.6 is 0 Å². The van der Waals surface area contributed by atoms with Gasteiger partial charge in [0.1, 0.15) is 11.9 Å². The molecule has 5 heteroatoms. The van der Waals surface area contributed by atoms with Gasteiger partial charge in [-0.25, -0.2) is 4.98 Å². The van der Waals surface area contributed by atoms with Gasteiger partial charge in [-0.15, -0.1) is 0 Å². The van der Waals surface area contributed by atoms with Gasteiger partial charge in [0, 0.05) is 24.5 Å². The van der Waals surface area contributed by atoms with Crippen molar-refractivity contribution in [3.05, 3.63) is 48.5 Å². The van der Waals surface area contributed by atoms with Crippen molar-refractivity contribution in [2.45, 2.75) is 31.8 Å². The number of nitrogens with zero attached hydrogens (tertiary/aromatic N) is 1. The predicted octanol–water partition coefficient (Wildman–Crippen LogP) is 2.12. The number of amides is 1. The number of carbonyl (C=O) groups excluding carboxylic acids is 1. The largest absolute Gasteiger partial charge is 0.383 e.